The fraction of sp³-hybridized carbons (Fsp3) is 0.111. The maximum Gasteiger partial charge on any atom is 0.261 e. The summed E-state index contributed by atoms with van der Waals surface area (Å²) in [5.41, 5.74) is 0.803. The van der Waals surface area contributed by atoms with Crippen molar-refractivity contribution >= 4 is 33.3 Å². The Balaban J connectivity index is 1.92. The van der Waals surface area contributed by atoms with Crippen LogP contribution >= 0.6 is 11.8 Å². The predicted octanol–water partition coefficient (Wildman–Crippen LogP) is 3.57. The van der Waals surface area contributed by atoms with E-state index in [2.05, 4.69) is 9.71 Å². The van der Waals surface area contributed by atoms with Gasteiger partial charge in [-0.25, -0.2) is 13.4 Å². The van der Waals surface area contributed by atoms with Crippen molar-refractivity contribution in [3.63, 3.8) is 0 Å². The molecule has 0 saturated heterocycles. The van der Waals surface area contributed by atoms with E-state index >= 15 is 0 Å². The number of ketones is 1. The molecule has 0 amide bonds. The van der Waals surface area contributed by atoms with Crippen LogP contribution in [0.3, 0.4) is 0 Å². The minimum absolute atomic E-state index is 0.0435. The quantitative estimate of drug-likeness (QED) is 0.654. The molecule has 0 spiro atoms. The van der Waals surface area contributed by atoms with Gasteiger partial charge in [-0.15, -0.1) is 0 Å². The minimum atomic E-state index is -3.82. The van der Waals surface area contributed by atoms with Crippen molar-refractivity contribution in [2.45, 2.75) is 21.9 Å². The molecule has 0 fully saturated rings. The van der Waals surface area contributed by atoms with Crippen LogP contribution in [0.2, 0.25) is 0 Å². The predicted molar refractivity (Wildman–Crippen MR) is 101 cm³/mol. The normalized spacial score (nSPS) is 11.3. The second kappa shape index (κ2) is 7.35. The van der Waals surface area contributed by atoms with Crippen LogP contribution in [0.15, 0.2) is 75.9 Å². The van der Waals surface area contributed by atoms with Gasteiger partial charge in [-0.2, -0.15) is 0 Å². The average molecular weight is 387 g/mol. The molecule has 1 aromatic heterocycles. The summed E-state index contributed by atoms with van der Waals surface area (Å²) in [7, 11) is -1.95. The van der Waals surface area contributed by atoms with E-state index < -0.39 is 10.0 Å². The lowest BCUT2D eigenvalue weighted by molar-refractivity contribution is 0.101. The molecule has 26 heavy (non-hydrogen) atoms. The summed E-state index contributed by atoms with van der Waals surface area (Å²) in [6.07, 6.45) is 3.50. The van der Waals surface area contributed by atoms with E-state index in [0.717, 1.165) is 10.1 Å². The number of sulfonamides is 1. The molecule has 6 nitrogen and oxygen atoms in total. The monoisotopic (exact) mass is 387 g/mol. The smallest absolute Gasteiger partial charge is 0.261 e. The van der Waals surface area contributed by atoms with Gasteiger partial charge < -0.3 is 4.57 Å². The zero-order valence-electron chi connectivity index (χ0n) is 14.2. The largest absolute Gasteiger partial charge is 0.329 e. The van der Waals surface area contributed by atoms with Gasteiger partial charge >= 0.3 is 0 Å². The summed E-state index contributed by atoms with van der Waals surface area (Å²) in [5.74, 6) is -0.187. The lowest BCUT2D eigenvalue weighted by Crippen LogP contribution is -2.14. The first-order chi connectivity index (χ1) is 12.4. The van der Waals surface area contributed by atoms with Crippen LogP contribution in [-0.4, -0.2) is 23.8 Å². The third-order valence-corrected chi connectivity index (χ3v) is 6.18. The topological polar surface area (TPSA) is 81.1 Å². The first-order valence-electron chi connectivity index (χ1n) is 7.75. The Morgan fingerprint density at radius 3 is 2.62 bits per heavy atom. The van der Waals surface area contributed by atoms with Gasteiger partial charge in [-0.1, -0.05) is 24.3 Å². The van der Waals surface area contributed by atoms with Crippen molar-refractivity contribution < 1.29 is 13.2 Å². The highest BCUT2D eigenvalue weighted by Crippen LogP contribution is 2.33. The Labute approximate surface area is 156 Å². The van der Waals surface area contributed by atoms with Gasteiger partial charge in [-0.05, 0) is 43.0 Å². The van der Waals surface area contributed by atoms with Crippen molar-refractivity contribution in [3.8, 4) is 0 Å². The lowest BCUT2D eigenvalue weighted by atomic mass is 10.2. The number of hydrogen-bond acceptors (Lipinski definition) is 5. The second-order valence-electron chi connectivity index (χ2n) is 5.61. The summed E-state index contributed by atoms with van der Waals surface area (Å²) >= 11 is 1.36. The molecule has 1 N–H and O–H groups in total. The maximum absolute atomic E-state index is 12.7. The molecule has 8 heteroatoms. The molecule has 0 bridgehead atoms. The highest BCUT2D eigenvalue weighted by molar-refractivity contribution is 7.99. The van der Waals surface area contributed by atoms with E-state index in [-0.39, 0.29) is 10.7 Å². The van der Waals surface area contributed by atoms with E-state index in [4.69, 9.17) is 0 Å². The van der Waals surface area contributed by atoms with Crippen LogP contribution in [-0.2, 0) is 17.1 Å². The van der Waals surface area contributed by atoms with Gasteiger partial charge in [0.15, 0.2) is 10.9 Å². The highest BCUT2D eigenvalue weighted by Gasteiger charge is 2.18. The van der Waals surface area contributed by atoms with Crippen LogP contribution in [0.1, 0.15) is 17.3 Å². The van der Waals surface area contributed by atoms with E-state index in [1.165, 1.54) is 30.8 Å². The molecule has 0 unspecified atom stereocenters. The van der Waals surface area contributed by atoms with Crippen LogP contribution in [0.4, 0.5) is 5.69 Å². The average Bonchev–Trinajstić information content (AvgIpc) is 3.01. The Kier molecular flexibility index (Phi) is 5.15. The number of benzene rings is 2. The number of Topliss-reactive ketones (excluding diaryl/α,β-unsaturated/α-hetero) is 1. The standard InChI is InChI=1S/C18H17N3O3S2/c1-13(22)14-6-5-7-15(12-14)26(23,24)20-16-8-3-4-9-17(16)25-18-19-10-11-21(18)2/h3-12,20H,1-2H3. The molecule has 0 atom stereocenters. The summed E-state index contributed by atoms with van der Waals surface area (Å²) < 4.78 is 29.9. The Hall–Kier alpha value is -2.58. The third-order valence-electron chi connectivity index (χ3n) is 3.66. The number of hydrogen-bond donors (Lipinski definition) is 1. The molecule has 0 aliphatic rings. The summed E-state index contributed by atoms with van der Waals surface area (Å²) in [5, 5.41) is 0.746. The molecule has 3 aromatic rings. The number of carbonyl (C=O) groups excluding carboxylic acids is 1. The zero-order chi connectivity index (χ0) is 18.7. The van der Waals surface area contributed by atoms with Crippen LogP contribution in [0.5, 0.6) is 0 Å². The summed E-state index contributed by atoms with van der Waals surface area (Å²) in [6.45, 7) is 1.40. The van der Waals surface area contributed by atoms with Crippen molar-refractivity contribution in [3.05, 3.63) is 66.5 Å². The van der Waals surface area contributed by atoms with Crippen LogP contribution in [0, 0.1) is 0 Å². The SMILES string of the molecule is CC(=O)c1cccc(S(=O)(=O)Nc2ccccc2Sc2nccn2C)c1. The molecule has 1 heterocycles. The number of anilines is 1. The van der Waals surface area contributed by atoms with Crippen molar-refractivity contribution in [1.82, 2.24) is 9.55 Å². The lowest BCUT2D eigenvalue weighted by Gasteiger charge is -2.12. The fourth-order valence-corrected chi connectivity index (χ4v) is 4.36. The number of imidazole rings is 1. The first kappa shape index (κ1) is 18.2. The van der Waals surface area contributed by atoms with Crippen molar-refractivity contribution in [2.24, 2.45) is 7.05 Å². The number of aryl methyl sites for hydroxylation is 1. The molecule has 0 radical (unpaired) electrons. The minimum Gasteiger partial charge on any atom is -0.329 e. The van der Waals surface area contributed by atoms with E-state index in [9.17, 15) is 13.2 Å². The summed E-state index contributed by atoms with van der Waals surface area (Å²) in [6, 6.07) is 13.1. The molecule has 134 valence electrons. The number of para-hydroxylation sites is 1. The Morgan fingerprint density at radius 1 is 1.15 bits per heavy atom. The fourth-order valence-electron chi connectivity index (χ4n) is 2.27. The van der Waals surface area contributed by atoms with Gasteiger partial charge in [0.05, 0.1) is 10.6 Å². The Bertz CT molecular complexity index is 1060. The molecular formula is C18H17N3O3S2. The Morgan fingerprint density at radius 2 is 1.92 bits per heavy atom. The summed E-state index contributed by atoms with van der Waals surface area (Å²) in [4.78, 5) is 16.5. The number of nitrogens with one attached hydrogen (secondary N) is 1. The molecule has 3 rings (SSSR count). The van der Waals surface area contributed by atoms with Crippen LogP contribution < -0.4 is 4.72 Å². The number of nitrogens with zero attached hydrogens (tertiary/aromatic N) is 2. The molecule has 0 aliphatic carbocycles. The third kappa shape index (κ3) is 3.97. The van der Waals surface area contributed by atoms with Crippen molar-refractivity contribution in [1.29, 1.82) is 0 Å². The maximum atomic E-state index is 12.7. The van der Waals surface area contributed by atoms with E-state index in [1.54, 1.807) is 30.5 Å². The number of rotatable bonds is 6. The van der Waals surface area contributed by atoms with Gasteiger partial charge in [-0.3, -0.25) is 9.52 Å². The van der Waals surface area contributed by atoms with E-state index in [1.807, 2.05) is 29.9 Å². The van der Waals surface area contributed by atoms with Crippen LogP contribution in [0.25, 0.3) is 0 Å². The number of carbonyl (C=O) groups is 1. The van der Waals surface area contributed by atoms with Gasteiger partial charge in [0.2, 0.25) is 0 Å². The zero-order valence-corrected chi connectivity index (χ0v) is 15.8. The molecule has 2 aromatic carbocycles. The molecular weight excluding hydrogens is 370 g/mol. The molecule has 0 saturated carbocycles. The van der Waals surface area contributed by atoms with Gasteiger partial charge in [0, 0.05) is 29.9 Å². The van der Waals surface area contributed by atoms with Gasteiger partial charge in [0.25, 0.3) is 10.0 Å². The second-order valence-corrected chi connectivity index (χ2v) is 8.30. The van der Waals surface area contributed by atoms with Gasteiger partial charge in [0.1, 0.15) is 0 Å². The van der Waals surface area contributed by atoms with E-state index in [0.29, 0.717) is 11.3 Å². The number of aromatic nitrogens is 2. The molecule has 0 aliphatic heterocycles. The van der Waals surface area contributed by atoms with Crippen molar-refractivity contribution in [2.75, 3.05) is 4.72 Å². The first-order valence-corrected chi connectivity index (χ1v) is 10.0. The highest BCUT2D eigenvalue weighted by atomic mass is 32.2.